The molecular weight excluding hydrogens is 218 g/mol. The topological polar surface area (TPSA) is 49.8 Å². The first-order chi connectivity index (χ1) is 7.80. The zero-order valence-corrected chi connectivity index (χ0v) is 11.8. The number of rotatable bonds is 6. The Bertz CT molecular complexity index is 223. The summed E-state index contributed by atoms with van der Waals surface area (Å²) in [5, 5.41) is 8.87. The van der Waals surface area contributed by atoms with E-state index in [1.54, 1.807) is 4.90 Å². The smallest absolute Gasteiger partial charge is 0.410 e. The Morgan fingerprint density at radius 2 is 2.00 bits per heavy atom. The summed E-state index contributed by atoms with van der Waals surface area (Å²) in [7, 11) is 0. The molecule has 0 bridgehead atoms. The fraction of sp³-hybridized carbons (Fsp3) is 0.923. The van der Waals surface area contributed by atoms with Crippen LogP contribution in [0.15, 0.2) is 0 Å². The molecule has 0 aliphatic rings. The quantitative estimate of drug-likeness (QED) is 0.782. The van der Waals surface area contributed by atoms with E-state index >= 15 is 0 Å². The highest BCUT2D eigenvalue weighted by Crippen LogP contribution is 2.12. The van der Waals surface area contributed by atoms with Crippen molar-refractivity contribution in [3.8, 4) is 0 Å². The molecule has 0 radical (unpaired) electrons. The predicted octanol–water partition coefficient (Wildman–Crippen LogP) is 2.65. The molecule has 0 aliphatic carbocycles. The minimum Gasteiger partial charge on any atom is -0.444 e. The lowest BCUT2D eigenvalue weighted by molar-refractivity contribution is 0.0217. The zero-order valence-electron chi connectivity index (χ0n) is 11.8. The molecule has 0 aromatic heterocycles. The van der Waals surface area contributed by atoms with E-state index in [9.17, 15) is 4.79 Å². The van der Waals surface area contributed by atoms with E-state index in [2.05, 4.69) is 0 Å². The lowest BCUT2D eigenvalue weighted by Gasteiger charge is -2.29. The maximum absolute atomic E-state index is 11.9. The minimum absolute atomic E-state index is 0.162. The van der Waals surface area contributed by atoms with E-state index in [0.717, 1.165) is 6.42 Å². The van der Waals surface area contributed by atoms with E-state index < -0.39 is 5.60 Å². The third-order valence-corrected chi connectivity index (χ3v) is 2.30. The van der Waals surface area contributed by atoms with Crippen LogP contribution in [-0.4, -0.2) is 41.4 Å². The largest absolute Gasteiger partial charge is 0.444 e. The Labute approximate surface area is 105 Å². The average Bonchev–Trinajstić information content (AvgIpc) is 2.14. The molecule has 0 heterocycles. The van der Waals surface area contributed by atoms with E-state index in [0.29, 0.717) is 25.4 Å². The number of nitrogens with zero attached hydrogens (tertiary/aromatic N) is 1. The van der Waals surface area contributed by atoms with Crippen molar-refractivity contribution in [2.45, 2.75) is 53.1 Å². The second-order valence-electron chi connectivity index (χ2n) is 5.54. The van der Waals surface area contributed by atoms with Gasteiger partial charge in [0.05, 0.1) is 0 Å². The summed E-state index contributed by atoms with van der Waals surface area (Å²) in [5.74, 6) is 0.291. The summed E-state index contributed by atoms with van der Waals surface area (Å²) in [6, 6.07) is 0. The molecule has 0 rings (SSSR count). The molecule has 0 aliphatic heterocycles. The molecule has 17 heavy (non-hydrogen) atoms. The van der Waals surface area contributed by atoms with Gasteiger partial charge in [0.25, 0.3) is 0 Å². The Kier molecular flexibility index (Phi) is 7.19. The van der Waals surface area contributed by atoms with Crippen LogP contribution in [0.5, 0.6) is 0 Å². The van der Waals surface area contributed by atoms with Crippen LogP contribution in [0.3, 0.4) is 0 Å². The Morgan fingerprint density at radius 3 is 2.41 bits per heavy atom. The van der Waals surface area contributed by atoms with Crippen LogP contribution in [0.4, 0.5) is 4.79 Å². The third-order valence-electron chi connectivity index (χ3n) is 2.30. The van der Waals surface area contributed by atoms with Crippen molar-refractivity contribution in [1.82, 2.24) is 4.90 Å². The number of ether oxygens (including phenoxy) is 1. The van der Waals surface area contributed by atoms with E-state index in [1.165, 1.54) is 0 Å². The highest BCUT2D eigenvalue weighted by atomic mass is 16.6. The van der Waals surface area contributed by atoms with Gasteiger partial charge in [-0.3, -0.25) is 0 Å². The molecule has 1 atom stereocenters. The monoisotopic (exact) mass is 245 g/mol. The van der Waals surface area contributed by atoms with Crippen LogP contribution in [0.25, 0.3) is 0 Å². The van der Waals surface area contributed by atoms with Gasteiger partial charge in [-0.1, -0.05) is 13.8 Å². The van der Waals surface area contributed by atoms with Crippen molar-refractivity contribution in [3.63, 3.8) is 0 Å². The van der Waals surface area contributed by atoms with E-state index in [4.69, 9.17) is 9.84 Å². The van der Waals surface area contributed by atoms with Crippen LogP contribution in [-0.2, 0) is 4.74 Å². The second kappa shape index (κ2) is 7.54. The highest BCUT2D eigenvalue weighted by Gasteiger charge is 2.22. The number of aliphatic hydroxyl groups excluding tert-OH is 1. The molecular formula is C13H27NO3. The van der Waals surface area contributed by atoms with Gasteiger partial charge in [0.2, 0.25) is 0 Å². The van der Waals surface area contributed by atoms with Crippen LogP contribution in [0.2, 0.25) is 0 Å². The van der Waals surface area contributed by atoms with Crippen molar-refractivity contribution < 1.29 is 14.6 Å². The van der Waals surface area contributed by atoms with E-state index in [1.807, 2.05) is 34.6 Å². The fourth-order valence-corrected chi connectivity index (χ4v) is 1.54. The highest BCUT2D eigenvalue weighted by molar-refractivity contribution is 5.68. The van der Waals surface area contributed by atoms with Crippen molar-refractivity contribution in [2.24, 2.45) is 5.92 Å². The van der Waals surface area contributed by atoms with Gasteiger partial charge in [-0.25, -0.2) is 4.79 Å². The van der Waals surface area contributed by atoms with Gasteiger partial charge in [0.1, 0.15) is 5.60 Å². The molecule has 102 valence electrons. The standard InChI is InChI=1S/C13H27NO3/c1-6-8-14(10-11(2)7-9-15)12(16)17-13(3,4)5/h11,15H,6-10H2,1-5H3. The molecule has 0 saturated carbocycles. The summed E-state index contributed by atoms with van der Waals surface area (Å²) < 4.78 is 5.36. The molecule has 1 N–H and O–H groups in total. The van der Waals surface area contributed by atoms with E-state index in [-0.39, 0.29) is 12.7 Å². The van der Waals surface area contributed by atoms with Crippen LogP contribution >= 0.6 is 0 Å². The molecule has 0 aromatic carbocycles. The maximum atomic E-state index is 11.9. The van der Waals surface area contributed by atoms with Crippen molar-refractivity contribution in [3.05, 3.63) is 0 Å². The second-order valence-corrected chi connectivity index (χ2v) is 5.54. The van der Waals surface area contributed by atoms with Crippen molar-refractivity contribution in [1.29, 1.82) is 0 Å². The Balaban J connectivity index is 4.35. The number of aliphatic hydroxyl groups is 1. The van der Waals surface area contributed by atoms with Crippen LogP contribution in [0.1, 0.15) is 47.5 Å². The lowest BCUT2D eigenvalue weighted by atomic mass is 10.1. The van der Waals surface area contributed by atoms with Gasteiger partial charge in [-0.2, -0.15) is 0 Å². The summed E-state index contributed by atoms with van der Waals surface area (Å²) in [6.07, 6.45) is 1.36. The number of amides is 1. The van der Waals surface area contributed by atoms with Crippen LogP contribution < -0.4 is 0 Å². The summed E-state index contributed by atoms with van der Waals surface area (Å²) >= 11 is 0. The molecule has 1 unspecified atom stereocenters. The van der Waals surface area contributed by atoms with Gasteiger partial charge in [0, 0.05) is 19.7 Å². The first-order valence-electron chi connectivity index (χ1n) is 6.39. The summed E-state index contributed by atoms with van der Waals surface area (Å²) in [6.45, 7) is 11.2. The maximum Gasteiger partial charge on any atom is 0.410 e. The molecule has 0 saturated heterocycles. The lowest BCUT2D eigenvalue weighted by Crippen LogP contribution is -2.39. The molecule has 0 spiro atoms. The van der Waals surface area contributed by atoms with Gasteiger partial charge < -0.3 is 14.7 Å². The van der Waals surface area contributed by atoms with Crippen molar-refractivity contribution >= 4 is 6.09 Å². The Morgan fingerprint density at radius 1 is 1.41 bits per heavy atom. The minimum atomic E-state index is -0.455. The Hall–Kier alpha value is -0.770. The third kappa shape index (κ3) is 8.02. The average molecular weight is 245 g/mol. The molecule has 0 aromatic rings. The number of hydrogen-bond acceptors (Lipinski definition) is 3. The molecule has 4 heteroatoms. The number of hydrogen-bond donors (Lipinski definition) is 1. The van der Waals surface area contributed by atoms with Crippen molar-refractivity contribution in [2.75, 3.05) is 19.7 Å². The SMILES string of the molecule is CCCN(CC(C)CCO)C(=O)OC(C)(C)C. The number of carbonyl (C=O) groups is 1. The number of carbonyl (C=O) groups excluding carboxylic acids is 1. The normalized spacial score (nSPS) is 13.3. The van der Waals surface area contributed by atoms with Gasteiger partial charge >= 0.3 is 6.09 Å². The summed E-state index contributed by atoms with van der Waals surface area (Å²) in [4.78, 5) is 13.7. The molecule has 0 fully saturated rings. The van der Waals surface area contributed by atoms with Crippen LogP contribution in [0, 0.1) is 5.92 Å². The molecule has 4 nitrogen and oxygen atoms in total. The fourth-order valence-electron chi connectivity index (χ4n) is 1.54. The molecule has 1 amide bonds. The van der Waals surface area contributed by atoms with Gasteiger partial charge in [-0.05, 0) is 39.5 Å². The predicted molar refractivity (Wildman–Crippen MR) is 69.0 cm³/mol. The first-order valence-corrected chi connectivity index (χ1v) is 6.39. The van der Waals surface area contributed by atoms with Gasteiger partial charge in [0.15, 0.2) is 0 Å². The first kappa shape index (κ1) is 16.2. The zero-order chi connectivity index (χ0) is 13.5. The van der Waals surface area contributed by atoms with Gasteiger partial charge in [-0.15, -0.1) is 0 Å². The summed E-state index contributed by atoms with van der Waals surface area (Å²) in [5.41, 5.74) is -0.455.